The molecule has 18 heavy (non-hydrogen) atoms. The van der Waals surface area contributed by atoms with Gasteiger partial charge in [0, 0.05) is 17.8 Å². The van der Waals surface area contributed by atoms with E-state index < -0.39 is 0 Å². The third-order valence-corrected chi connectivity index (χ3v) is 2.70. The van der Waals surface area contributed by atoms with Crippen LogP contribution in [0.3, 0.4) is 0 Å². The van der Waals surface area contributed by atoms with Crippen molar-refractivity contribution in [3.05, 3.63) is 30.5 Å². The molecule has 5 nitrogen and oxygen atoms in total. The van der Waals surface area contributed by atoms with Crippen LogP contribution in [0.2, 0.25) is 0 Å². The Kier molecular flexibility index (Phi) is 3.32. The van der Waals surface area contributed by atoms with Gasteiger partial charge in [0.15, 0.2) is 0 Å². The number of rotatable bonds is 4. The van der Waals surface area contributed by atoms with E-state index in [1.165, 1.54) is 0 Å². The SMILES string of the molecule is CC(CC(N)=O)Nc1c(N)cnc2ccccc12. The van der Waals surface area contributed by atoms with E-state index in [0.717, 1.165) is 16.6 Å². The van der Waals surface area contributed by atoms with Crippen LogP contribution in [0.4, 0.5) is 11.4 Å². The third-order valence-electron chi connectivity index (χ3n) is 2.70. The van der Waals surface area contributed by atoms with Crippen molar-refractivity contribution in [1.82, 2.24) is 4.98 Å². The van der Waals surface area contributed by atoms with Gasteiger partial charge in [0.2, 0.25) is 5.91 Å². The number of para-hydroxylation sites is 1. The van der Waals surface area contributed by atoms with Crippen LogP contribution in [0.15, 0.2) is 30.5 Å². The van der Waals surface area contributed by atoms with E-state index in [9.17, 15) is 4.79 Å². The minimum atomic E-state index is -0.341. The molecule has 0 radical (unpaired) electrons. The van der Waals surface area contributed by atoms with Gasteiger partial charge < -0.3 is 16.8 Å². The number of carbonyl (C=O) groups is 1. The van der Waals surface area contributed by atoms with Crippen molar-refractivity contribution >= 4 is 28.2 Å². The predicted molar refractivity (Wildman–Crippen MR) is 73.1 cm³/mol. The Morgan fingerprint density at radius 3 is 2.89 bits per heavy atom. The second kappa shape index (κ2) is 4.91. The van der Waals surface area contributed by atoms with Gasteiger partial charge in [0.1, 0.15) is 0 Å². The molecule has 0 saturated carbocycles. The normalized spacial score (nSPS) is 12.3. The number of hydrogen-bond acceptors (Lipinski definition) is 4. The molecule has 1 unspecified atom stereocenters. The van der Waals surface area contributed by atoms with E-state index in [2.05, 4.69) is 10.3 Å². The largest absolute Gasteiger partial charge is 0.396 e. The lowest BCUT2D eigenvalue weighted by Gasteiger charge is -2.17. The highest BCUT2D eigenvalue weighted by atomic mass is 16.1. The van der Waals surface area contributed by atoms with E-state index in [4.69, 9.17) is 11.5 Å². The highest BCUT2D eigenvalue weighted by molar-refractivity contribution is 5.97. The summed E-state index contributed by atoms with van der Waals surface area (Å²) in [6.45, 7) is 1.89. The fourth-order valence-electron chi connectivity index (χ4n) is 1.92. The van der Waals surface area contributed by atoms with Crippen LogP contribution in [0.25, 0.3) is 10.9 Å². The van der Waals surface area contributed by atoms with Crippen molar-refractivity contribution in [3.8, 4) is 0 Å². The van der Waals surface area contributed by atoms with E-state index in [1.54, 1.807) is 6.20 Å². The van der Waals surface area contributed by atoms with Crippen LogP contribution in [-0.2, 0) is 4.79 Å². The molecule has 0 aliphatic heterocycles. The Morgan fingerprint density at radius 2 is 2.17 bits per heavy atom. The number of pyridine rings is 1. The number of nitrogen functional groups attached to an aromatic ring is 1. The summed E-state index contributed by atoms with van der Waals surface area (Å²) >= 11 is 0. The Hall–Kier alpha value is -2.30. The number of hydrogen-bond donors (Lipinski definition) is 3. The Morgan fingerprint density at radius 1 is 1.44 bits per heavy atom. The zero-order valence-electron chi connectivity index (χ0n) is 10.2. The van der Waals surface area contributed by atoms with E-state index in [0.29, 0.717) is 5.69 Å². The van der Waals surface area contributed by atoms with Gasteiger partial charge in [-0.2, -0.15) is 0 Å². The van der Waals surface area contributed by atoms with Gasteiger partial charge in [-0.15, -0.1) is 0 Å². The second-order valence-corrected chi connectivity index (χ2v) is 4.32. The van der Waals surface area contributed by atoms with Crippen LogP contribution in [0, 0.1) is 0 Å². The minimum Gasteiger partial charge on any atom is -0.396 e. The third kappa shape index (κ3) is 2.51. The molecule has 94 valence electrons. The first-order chi connectivity index (χ1) is 8.58. The Bertz CT molecular complexity index is 582. The summed E-state index contributed by atoms with van der Waals surface area (Å²) in [7, 11) is 0. The number of benzene rings is 1. The molecule has 0 spiro atoms. The fourth-order valence-corrected chi connectivity index (χ4v) is 1.92. The number of aromatic nitrogens is 1. The number of nitrogens with two attached hydrogens (primary N) is 2. The van der Waals surface area contributed by atoms with Gasteiger partial charge in [0.25, 0.3) is 0 Å². The van der Waals surface area contributed by atoms with Gasteiger partial charge in [-0.1, -0.05) is 18.2 Å². The van der Waals surface area contributed by atoms with Gasteiger partial charge in [0.05, 0.1) is 23.1 Å². The monoisotopic (exact) mass is 244 g/mol. The molecule has 2 rings (SSSR count). The molecule has 1 amide bonds. The number of fused-ring (bicyclic) bond motifs is 1. The lowest BCUT2D eigenvalue weighted by molar-refractivity contribution is -0.118. The molecule has 0 bridgehead atoms. The van der Waals surface area contributed by atoms with Crippen LogP contribution in [-0.4, -0.2) is 16.9 Å². The number of primary amides is 1. The lowest BCUT2D eigenvalue weighted by atomic mass is 10.1. The van der Waals surface area contributed by atoms with Gasteiger partial charge in [-0.25, -0.2) is 0 Å². The summed E-state index contributed by atoms with van der Waals surface area (Å²) in [6.07, 6.45) is 1.87. The Labute approximate surface area is 105 Å². The van der Waals surface area contributed by atoms with Crippen LogP contribution in [0.1, 0.15) is 13.3 Å². The molecular formula is C13H16N4O. The topological polar surface area (TPSA) is 94.0 Å². The van der Waals surface area contributed by atoms with Crippen molar-refractivity contribution in [1.29, 1.82) is 0 Å². The molecule has 1 heterocycles. The van der Waals surface area contributed by atoms with Gasteiger partial charge in [-0.3, -0.25) is 9.78 Å². The molecule has 1 aromatic heterocycles. The van der Waals surface area contributed by atoms with Crippen molar-refractivity contribution in [2.75, 3.05) is 11.1 Å². The maximum atomic E-state index is 10.9. The quantitative estimate of drug-likeness (QED) is 0.759. The molecule has 0 aliphatic rings. The average molecular weight is 244 g/mol. The molecular weight excluding hydrogens is 228 g/mol. The average Bonchev–Trinajstić information content (AvgIpc) is 2.32. The molecule has 5 N–H and O–H groups in total. The Balaban J connectivity index is 2.37. The number of nitrogens with zero attached hydrogens (tertiary/aromatic N) is 1. The smallest absolute Gasteiger partial charge is 0.219 e. The highest BCUT2D eigenvalue weighted by Crippen LogP contribution is 2.28. The highest BCUT2D eigenvalue weighted by Gasteiger charge is 2.11. The minimum absolute atomic E-state index is 0.0735. The van der Waals surface area contributed by atoms with Crippen LogP contribution < -0.4 is 16.8 Å². The molecule has 0 fully saturated rings. The van der Waals surface area contributed by atoms with Crippen LogP contribution >= 0.6 is 0 Å². The summed E-state index contributed by atoms with van der Waals surface area (Å²) in [6, 6.07) is 7.63. The predicted octanol–water partition coefficient (Wildman–Crippen LogP) is 1.49. The first-order valence-corrected chi connectivity index (χ1v) is 5.76. The van der Waals surface area contributed by atoms with Gasteiger partial charge >= 0.3 is 0 Å². The van der Waals surface area contributed by atoms with Crippen molar-refractivity contribution in [3.63, 3.8) is 0 Å². The van der Waals surface area contributed by atoms with E-state index in [1.807, 2.05) is 31.2 Å². The van der Waals surface area contributed by atoms with E-state index >= 15 is 0 Å². The standard InChI is InChI=1S/C13H16N4O/c1-8(6-12(15)18)17-13-9-4-2-3-5-11(9)16-7-10(13)14/h2-5,7-8H,6,14H2,1H3,(H2,15,18)(H,16,17). The van der Waals surface area contributed by atoms with E-state index in [-0.39, 0.29) is 18.4 Å². The number of amides is 1. The zero-order chi connectivity index (χ0) is 13.1. The van der Waals surface area contributed by atoms with Crippen molar-refractivity contribution in [2.24, 2.45) is 5.73 Å². The first-order valence-electron chi connectivity index (χ1n) is 5.76. The molecule has 5 heteroatoms. The summed E-state index contributed by atoms with van der Waals surface area (Å²) in [5.74, 6) is -0.341. The molecule has 0 saturated heterocycles. The van der Waals surface area contributed by atoms with Gasteiger partial charge in [-0.05, 0) is 13.0 Å². The first kappa shape index (κ1) is 12.2. The summed E-state index contributed by atoms with van der Waals surface area (Å²) in [5, 5.41) is 4.16. The number of carbonyl (C=O) groups excluding carboxylic acids is 1. The molecule has 0 aliphatic carbocycles. The van der Waals surface area contributed by atoms with Crippen molar-refractivity contribution in [2.45, 2.75) is 19.4 Å². The fraction of sp³-hybridized carbons (Fsp3) is 0.231. The zero-order valence-corrected chi connectivity index (χ0v) is 10.2. The van der Waals surface area contributed by atoms with Crippen molar-refractivity contribution < 1.29 is 4.79 Å². The second-order valence-electron chi connectivity index (χ2n) is 4.32. The lowest BCUT2D eigenvalue weighted by Crippen LogP contribution is -2.24. The summed E-state index contributed by atoms with van der Waals surface area (Å²) in [5.41, 5.74) is 13.3. The maximum Gasteiger partial charge on any atom is 0.219 e. The summed E-state index contributed by atoms with van der Waals surface area (Å²) < 4.78 is 0. The molecule has 1 atom stereocenters. The molecule has 2 aromatic rings. The number of nitrogens with one attached hydrogen (secondary N) is 1. The summed E-state index contributed by atoms with van der Waals surface area (Å²) in [4.78, 5) is 15.1. The maximum absolute atomic E-state index is 10.9. The number of anilines is 2. The molecule has 1 aromatic carbocycles. The van der Waals surface area contributed by atoms with Crippen LogP contribution in [0.5, 0.6) is 0 Å².